The van der Waals surface area contributed by atoms with Gasteiger partial charge in [0.05, 0.1) is 18.2 Å². The van der Waals surface area contributed by atoms with Gasteiger partial charge in [-0.1, -0.05) is 30.3 Å². The fourth-order valence-electron chi connectivity index (χ4n) is 4.16. The number of H-pyrrole nitrogens is 1. The van der Waals surface area contributed by atoms with Crippen LogP contribution in [0.4, 0.5) is 0 Å². The molecule has 142 valence electrons. The van der Waals surface area contributed by atoms with Crippen molar-refractivity contribution < 1.29 is 0 Å². The molecule has 0 bridgehead atoms. The number of nitrogens with one attached hydrogen (secondary N) is 1. The number of allylic oxidation sites excluding steroid dienone is 2. The molecule has 0 spiro atoms. The SMILES string of the molecule is Cn1cc(-c2ccc(-c3cnc4[nH]ccc4c3C3=CCC(C#N)CC3)cc2)cn1. The van der Waals surface area contributed by atoms with Crippen molar-refractivity contribution in [3.05, 3.63) is 66.8 Å². The quantitative estimate of drug-likeness (QED) is 0.522. The van der Waals surface area contributed by atoms with E-state index >= 15 is 0 Å². The van der Waals surface area contributed by atoms with Crippen molar-refractivity contribution in [3.8, 4) is 28.3 Å². The van der Waals surface area contributed by atoms with Gasteiger partial charge in [0, 0.05) is 42.2 Å². The average Bonchev–Trinajstić information content (AvgIpc) is 3.42. The Balaban J connectivity index is 1.60. The van der Waals surface area contributed by atoms with E-state index in [0.717, 1.165) is 52.5 Å². The molecule has 3 aromatic heterocycles. The first-order valence-corrected chi connectivity index (χ1v) is 9.87. The second-order valence-corrected chi connectivity index (χ2v) is 7.60. The zero-order valence-corrected chi connectivity index (χ0v) is 16.3. The molecule has 5 heteroatoms. The predicted molar refractivity (Wildman–Crippen MR) is 115 cm³/mol. The highest BCUT2D eigenvalue weighted by atomic mass is 15.2. The number of fused-ring (bicyclic) bond motifs is 1. The number of benzene rings is 1. The van der Waals surface area contributed by atoms with Crippen LogP contribution in [0.25, 0.3) is 38.9 Å². The Bertz CT molecular complexity index is 1250. The van der Waals surface area contributed by atoms with Gasteiger partial charge in [0.25, 0.3) is 0 Å². The molecule has 0 saturated heterocycles. The Hall–Kier alpha value is -3.65. The van der Waals surface area contributed by atoms with Crippen LogP contribution in [0.5, 0.6) is 0 Å². The van der Waals surface area contributed by atoms with E-state index in [0.29, 0.717) is 0 Å². The number of aromatic amines is 1. The van der Waals surface area contributed by atoms with Crippen LogP contribution in [0.3, 0.4) is 0 Å². The van der Waals surface area contributed by atoms with Crippen LogP contribution in [0, 0.1) is 17.2 Å². The third-order valence-electron chi connectivity index (χ3n) is 5.74. The third-order valence-corrected chi connectivity index (χ3v) is 5.74. The van der Waals surface area contributed by atoms with E-state index in [1.807, 2.05) is 36.5 Å². The lowest BCUT2D eigenvalue weighted by molar-refractivity contribution is 0.605. The normalized spacial score (nSPS) is 16.6. The first-order chi connectivity index (χ1) is 14.2. The van der Waals surface area contributed by atoms with Gasteiger partial charge < -0.3 is 4.98 Å². The first kappa shape index (κ1) is 17.4. The fourth-order valence-corrected chi connectivity index (χ4v) is 4.16. The van der Waals surface area contributed by atoms with Crippen molar-refractivity contribution >= 4 is 16.6 Å². The van der Waals surface area contributed by atoms with Crippen LogP contribution in [-0.2, 0) is 7.05 Å². The topological polar surface area (TPSA) is 70.3 Å². The van der Waals surface area contributed by atoms with Crippen molar-refractivity contribution in [3.63, 3.8) is 0 Å². The molecule has 5 rings (SSSR count). The number of nitriles is 1. The van der Waals surface area contributed by atoms with Gasteiger partial charge in [0.1, 0.15) is 5.65 Å². The molecular formula is C24H21N5. The lowest BCUT2D eigenvalue weighted by Crippen LogP contribution is -2.04. The molecule has 1 unspecified atom stereocenters. The maximum Gasteiger partial charge on any atom is 0.137 e. The van der Waals surface area contributed by atoms with E-state index < -0.39 is 0 Å². The summed E-state index contributed by atoms with van der Waals surface area (Å²) in [7, 11) is 1.93. The van der Waals surface area contributed by atoms with Crippen molar-refractivity contribution in [1.82, 2.24) is 19.7 Å². The van der Waals surface area contributed by atoms with Crippen molar-refractivity contribution in [2.75, 3.05) is 0 Å². The van der Waals surface area contributed by atoms with Crippen molar-refractivity contribution in [1.29, 1.82) is 5.26 Å². The van der Waals surface area contributed by atoms with Crippen LogP contribution in [0.1, 0.15) is 24.8 Å². The molecule has 1 aromatic carbocycles. The molecular weight excluding hydrogens is 358 g/mol. The van der Waals surface area contributed by atoms with Crippen LogP contribution < -0.4 is 0 Å². The van der Waals surface area contributed by atoms with E-state index in [4.69, 9.17) is 0 Å². The van der Waals surface area contributed by atoms with Crippen LogP contribution in [0.2, 0.25) is 0 Å². The fraction of sp³-hybridized carbons (Fsp3) is 0.208. The zero-order valence-electron chi connectivity index (χ0n) is 16.3. The molecule has 3 heterocycles. The summed E-state index contributed by atoms with van der Waals surface area (Å²) in [5, 5.41) is 14.6. The zero-order chi connectivity index (χ0) is 19.8. The van der Waals surface area contributed by atoms with Gasteiger partial charge in [-0.05, 0) is 47.6 Å². The molecule has 1 N–H and O–H groups in total. The van der Waals surface area contributed by atoms with Crippen molar-refractivity contribution in [2.45, 2.75) is 19.3 Å². The minimum Gasteiger partial charge on any atom is -0.346 e. The number of hydrogen-bond donors (Lipinski definition) is 1. The lowest BCUT2D eigenvalue weighted by atomic mass is 9.84. The summed E-state index contributed by atoms with van der Waals surface area (Å²) in [6.07, 6.45) is 12.7. The number of pyridine rings is 1. The maximum atomic E-state index is 9.24. The highest BCUT2D eigenvalue weighted by molar-refractivity contribution is 5.97. The number of rotatable bonds is 3. The second kappa shape index (κ2) is 7.06. The van der Waals surface area contributed by atoms with Crippen LogP contribution in [0.15, 0.2) is 61.2 Å². The van der Waals surface area contributed by atoms with Gasteiger partial charge in [0.2, 0.25) is 0 Å². The van der Waals surface area contributed by atoms with Gasteiger partial charge in [-0.15, -0.1) is 0 Å². The molecule has 0 saturated carbocycles. The summed E-state index contributed by atoms with van der Waals surface area (Å²) >= 11 is 0. The molecule has 0 amide bonds. The monoisotopic (exact) mass is 379 g/mol. The van der Waals surface area contributed by atoms with Crippen LogP contribution >= 0.6 is 0 Å². The Morgan fingerprint density at radius 2 is 1.93 bits per heavy atom. The summed E-state index contributed by atoms with van der Waals surface area (Å²) in [5.74, 6) is 0.129. The summed E-state index contributed by atoms with van der Waals surface area (Å²) in [6.45, 7) is 0. The summed E-state index contributed by atoms with van der Waals surface area (Å²) < 4.78 is 1.81. The maximum absolute atomic E-state index is 9.24. The number of nitrogens with zero attached hydrogens (tertiary/aromatic N) is 4. The molecule has 1 aliphatic rings. The molecule has 0 radical (unpaired) electrons. The Labute approximate surface area is 169 Å². The summed E-state index contributed by atoms with van der Waals surface area (Å²) in [6, 6.07) is 13.1. The Morgan fingerprint density at radius 1 is 1.10 bits per heavy atom. The number of aromatic nitrogens is 4. The molecule has 1 atom stereocenters. The summed E-state index contributed by atoms with van der Waals surface area (Å²) in [4.78, 5) is 7.87. The van der Waals surface area contributed by atoms with Gasteiger partial charge in [-0.3, -0.25) is 4.68 Å². The molecule has 0 aliphatic heterocycles. The highest BCUT2D eigenvalue weighted by Crippen LogP contribution is 2.39. The predicted octanol–water partition coefficient (Wildman–Crippen LogP) is 5.34. The standard InChI is InChI=1S/C24H21N5/c1-29-15-20(13-28-29)17-6-8-18(9-7-17)22-14-27-24-21(10-11-26-24)23(22)19-4-2-16(12-25)3-5-19/h4,6-11,13-16H,2-3,5H2,1H3,(H,26,27). The largest absolute Gasteiger partial charge is 0.346 e. The van der Waals surface area contributed by atoms with E-state index in [-0.39, 0.29) is 5.92 Å². The Kier molecular flexibility index (Phi) is 4.25. The molecule has 1 aliphatic carbocycles. The Morgan fingerprint density at radius 3 is 2.62 bits per heavy atom. The second-order valence-electron chi connectivity index (χ2n) is 7.60. The van der Waals surface area contributed by atoms with Crippen molar-refractivity contribution in [2.24, 2.45) is 13.0 Å². The van der Waals surface area contributed by atoms with E-state index in [9.17, 15) is 5.26 Å². The van der Waals surface area contributed by atoms with E-state index in [1.165, 1.54) is 11.1 Å². The first-order valence-electron chi connectivity index (χ1n) is 9.87. The molecule has 29 heavy (non-hydrogen) atoms. The molecule has 0 fully saturated rings. The van der Waals surface area contributed by atoms with Gasteiger partial charge in [0.15, 0.2) is 0 Å². The lowest BCUT2D eigenvalue weighted by Gasteiger charge is -2.20. The van der Waals surface area contributed by atoms with Gasteiger partial charge in [-0.2, -0.15) is 10.4 Å². The minimum absolute atomic E-state index is 0.129. The van der Waals surface area contributed by atoms with Gasteiger partial charge in [-0.25, -0.2) is 4.98 Å². The molecule has 5 nitrogen and oxygen atoms in total. The summed E-state index contributed by atoms with van der Waals surface area (Å²) in [5.41, 5.74) is 7.99. The average molecular weight is 379 g/mol. The minimum atomic E-state index is 0.129. The highest BCUT2D eigenvalue weighted by Gasteiger charge is 2.20. The number of hydrogen-bond acceptors (Lipinski definition) is 3. The smallest absolute Gasteiger partial charge is 0.137 e. The van der Waals surface area contributed by atoms with Crippen LogP contribution in [-0.4, -0.2) is 19.7 Å². The number of aryl methyl sites for hydroxylation is 1. The van der Waals surface area contributed by atoms with Gasteiger partial charge >= 0.3 is 0 Å². The van der Waals surface area contributed by atoms with E-state index in [1.54, 1.807) is 0 Å². The van der Waals surface area contributed by atoms with E-state index in [2.05, 4.69) is 57.5 Å². The molecule has 4 aromatic rings. The third kappa shape index (κ3) is 3.13.